The quantitative estimate of drug-likeness (QED) is 0.852. The Hall–Kier alpha value is -0.740. The van der Waals surface area contributed by atoms with Gasteiger partial charge in [0.1, 0.15) is 18.2 Å². The van der Waals surface area contributed by atoms with Crippen LogP contribution in [0.3, 0.4) is 0 Å². The molecule has 15 heavy (non-hydrogen) atoms. The first-order valence-electron chi connectivity index (χ1n) is 5.04. The number of nitrogens with one attached hydrogen (secondary N) is 1. The van der Waals surface area contributed by atoms with Crippen molar-refractivity contribution >= 4 is 11.8 Å². The second kappa shape index (κ2) is 5.37. The van der Waals surface area contributed by atoms with Gasteiger partial charge in [-0.15, -0.1) is 0 Å². The largest absolute Gasteiger partial charge is 0.492 e. The Morgan fingerprint density at radius 1 is 1.53 bits per heavy atom. The molecule has 1 N–H and O–H groups in total. The predicted octanol–water partition coefficient (Wildman–Crippen LogP) is 1.91. The van der Waals surface area contributed by atoms with E-state index in [1.807, 2.05) is 11.8 Å². The van der Waals surface area contributed by atoms with Crippen LogP contribution < -0.4 is 10.1 Å². The minimum absolute atomic E-state index is 0.251. The van der Waals surface area contributed by atoms with Crippen molar-refractivity contribution in [2.45, 2.75) is 6.04 Å². The van der Waals surface area contributed by atoms with Gasteiger partial charge in [0.2, 0.25) is 0 Å². The smallest absolute Gasteiger partial charge is 0.126 e. The van der Waals surface area contributed by atoms with Crippen LogP contribution in [0.1, 0.15) is 0 Å². The summed E-state index contributed by atoms with van der Waals surface area (Å²) in [6.07, 6.45) is 0. The zero-order chi connectivity index (χ0) is 10.5. The highest BCUT2D eigenvalue weighted by molar-refractivity contribution is 7.99. The van der Waals surface area contributed by atoms with Gasteiger partial charge < -0.3 is 10.1 Å². The monoisotopic (exact) mass is 227 g/mol. The van der Waals surface area contributed by atoms with Crippen LogP contribution in [0, 0.1) is 5.82 Å². The van der Waals surface area contributed by atoms with Crippen LogP contribution in [0.2, 0.25) is 0 Å². The van der Waals surface area contributed by atoms with E-state index in [1.165, 1.54) is 12.1 Å². The first-order valence-corrected chi connectivity index (χ1v) is 6.19. The van der Waals surface area contributed by atoms with Gasteiger partial charge in [0.15, 0.2) is 0 Å². The molecule has 1 saturated heterocycles. The lowest BCUT2D eigenvalue weighted by Gasteiger charge is -2.23. The molecule has 0 aliphatic carbocycles. The lowest BCUT2D eigenvalue weighted by molar-refractivity contribution is 0.275. The number of halogens is 1. The molecular formula is C11H14FNOS. The zero-order valence-electron chi connectivity index (χ0n) is 8.41. The van der Waals surface area contributed by atoms with Crippen molar-refractivity contribution < 1.29 is 9.13 Å². The molecule has 1 aromatic rings. The normalized spacial score (nSPS) is 21.3. The van der Waals surface area contributed by atoms with Gasteiger partial charge in [-0.05, 0) is 12.1 Å². The summed E-state index contributed by atoms with van der Waals surface area (Å²) in [4.78, 5) is 0. The van der Waals surface area contributed by atoms with Crippen molar-refractivity contribution in [1.82, 2.24) is 5.32 Å². The van der Waals surface area contributed by atoms with Crippen molar-refractivity contribution in [2.24, 2.45) is 0 Å². The average molecular weight is 227 g/mol. The summed E-state index contributed by atoms with van der Waals surface area (Å²) in [5, 5.41) is 3.36. The second-order valence-corrected chi connectivity index (χ2v) is 4.64. The average Bonchev–Trinajstić information content (AvgIpc) is 2.28. The lowest BCUT2D eigenvalue weighted by Crippen LogP contribution is -2.41. The SMILES string of the molecule is Fc1cccc(OCC2CSCCN2)c1. The molecular weight excluding hydrogens is 213 g/mol. The first kappa shape index (κ1) is 10.8. The summed E-state index contributed by atoms with van der Waals surface area (Å²) in [5.41, 5.74) is 0. The maximum Gasteiger partial charge on any atom is 0.126 e. The van der Waals surface area contributed by atoms with Gasteiger partial charge in [-0.25, -0.2) is 4.39 Å². The highest BCUT2D eigenvalue weighted by atomic mass is 32.2. The fourth-order valence-electron chi connectivity index (χ4n) is 1.48. The molecule has 1 aliphatic rings. The molecule has 0 radical (unpaired) electrons. The Bertz CT molecular complexity index is 315. The second-order valence-electron chi connectivity index (χ2n) is 3.49. The van der Waals surface area contributed by atoms with Crippen LogP contribution in [0.25, 0.3) is 0 Å². The standard InChI is InChI=1S/C11H14FNOS/c12-9-2-1-3-11(6-9)14-7-10-8-15-5-4-13-10/h1-3,6,10,13H,4-5,7-8H2. The van der Waals surface area contributed by atoms with E-state index in [2.05, 4.69) is 5.32 Å². The number of hydrogen-bond donors (Lipinski definition) is 1. The van der Waals surface area contributed by atoms with Crippen LogP contribution in [0.5, 0.6) is 5.75 Å². The van der Waals surface area contributed by atoms with Gasteiger partial charge >= 0.3 is 0 Å². The van der Waals surface area contributed by atoms with Gasteiger partial charge in [-0.2, -0.15) is 11.8 Å². The number of hydrogen-bond acceptors (Lipinski definition) is 3. The number of thioether (sulfide) groups is 1. The molecule has 0 bridgehead atoms. The molecule has 4 heteroatoms. The Kier molecular flexibility index (Phi) is 3.86. The van der Waals surface area contributed by atoms with Crippen molar-refractivity contribution in [3.63, 3.8) is 0 Å². The highest BCUT2D eigenvalue weighted by Crippen LogP contribution is 2.14. The summed E-state index contributed by atoms with van der Waals surface area (Å²) in [6.45, 7) is 1.64. The predicted molar refractivity (Wildman–Crippen MR) is 61.0 cm³/mol. The summed E-state index contributed by atoms with van der Waals surface area (Å²) in [7, 11) is 0. The third kappa shape index (κ3) is 3.39. The van der Waals surface area contributed by atoms with Gasteiger partial charge in [-0.1, -0.05) is 6.07 Å². The Balaban J connectivity index is 1.81. The summed E-state index contributed by atoms with van der Waals surface area (Å²) in [5.74, 6) is 2.58. The summed E-state index contributed by atoms with van der Waals surface area (Å²) >= 11 is 1.92. The van der Waals surface area contributed by atoms with Crippen LogP contribution >= 0.6 is 11.8 Å². The highest BCUT2D eigenvalue weighted by Gasteiger charge is 2.13. The third-order valence-corrected chi connectivity index (χ3v) is 3.38. The number of benzene rings is 1. The number of ether oxygens (including phenoxy) is 1. The Morgan fingerprint density at radius 2 is 2.47 bits per heavy atom. The maximum absolute atomic E-state index is 12.8. The molecule has 0 amide bonds. The zero-order valence-corrected chi connectivity index (χ0v) is 9.23. The molecule has 82 valence electrons. The molecule has 2 rings (SSSR count). The summed E-state index contributed by atoms with van der Waals surface area (Å²) in [6, 6.07) is 6.65. The van der Waals surface area contributed by atoms with E-state index >= 15 is 0 Å². The van der Waals surface area contributed by atoms with Gasteiger partial charge in [-0.3, -0.25) is 0 Å². The fourth-order valence-corrected chi connectivity index (χ4v) is 2.41. The lowest BCUT2D eigenvalue weighted by atomic mass is 10.3. The molecule has 0 aromatic heterocycles. The van der Waals surface area contributed by atoms with Gasteiger partial charge in [0.25, 0.3) is 0 Å². The van der Waals surface area contributed by atoms with Crippen molar-refractivity contribution in [1.29, 1.82) is 0 Å². The van der Waals surface area contributed by atoms with E-state index in [9.17, 15) is 4.39 Å². The van der Waals surface area contributed by atoms with Crippen LogP contribution in [-0.2, 0) is 0 Å². The molecule has 0 spiro atoms. The van der Waals surface area contributed by atoms with E-state index in [4.69, 9.17) is 4.74 Å². The Labute approximate surface area is 93.2 Å². The molecule has 1 heterocycles. The minimum Gasteiger partial charge on any atom is -0.492 e. The fraction of sp³-hybridized carbons (Fsp3) is 0.455. The van der Waals surface area contributed by atoms with E-state index in [0.717, 1.165) is 18.1 Å². The maximum atomic E-state index is 12.8. The van der Waals surface area contributed by atoms with Gasteiger partial charge in [0, 0.05) is 24.1 Å². The molecule has 2 nitrogen and oxygen atoms in total. The van der Waals surface area contributed by atoms with Crippen molar-refractivity contribution in [3.8, 4) is 5.75 Å². The molecule has 1 unspecified atom stereocenters. The number of rotatable bonds is 3. The molecule has 1 atom stereocenters. The minimum atomic E-state index is -0.251. The topological polar surface area (TPSA) is 21.3 Å². The van der Waals surface area contributed by atoms with Crippen LogP contribution in [0.4, 0.5) is 4.39 Å². The molecule has 1 aliphatic heterocycles. The third-order valence-electron chi connectivity index (χ3n) is 2.25. The van der Waals surface area contributed by atoms with Gasteiger partial charge in [0.05, 0.1) is 6.04 Å². The van der Waals surface area contributed by atoms with Crippen LogP contribution in [-0.4, -0.2) is 30.7 Å². The van der Waals surface area contributed by atoms with Crippen molar-refractivity contribution in [3.05, 3.63) is 30.1 Å². The van der Waals surface area contributed by atoms with E-state index in [1.54, 1.807) is 12.1 Å². The molecule has 1 aromatic carbocycles. The van der Waals surface area contributed by atoms with E-state index in [0.29, 0.717) is 18.4 Å². The van der Waals surface area contributed by atoms with Crippen LogP contribution in [0.15, 0.2) is 24.3 Å². The Morgan fingerprint density at radius 3 is 3.20 bits per heavy atom. The molecule has 0 saturated carbocycles. The first-order chi connectivity index (χ1) is 7.34. The van der Waals surface area contributed by atoms with Crippen molar-refractivity contribution in [2.75, 3.05) is 24.7 Å². The summed E-state index contributed by atoms with van der Waals surface area (Å²) < 4.78 is 18.3. The molecule has 1 fully saturated rings. The van der Waals surface area contributed by atoms with E-state index < -0.39 is 0 Å². The van der Waals surface area contributed by atoms with E-state index in [-0.39, 0.29) is 5.82 Å².